The van der Waals surface area contributed by atoms with E-state index < -0.39 is 0 Å². The van der Waals surface area contributed by atoms with Crippen LogP contribution in [0.2, 0.25) is 0 Å². The molecule has 0 aliphatic carbocycles. The van der Waals surface area contributed by atoms with Gasteiger partial charge in [-0.15, -0.1) is 0 Å². The molecule has 1 aliphatic rings. The highest BCUT2D eigenvalue weighted by atomic mass is 16.5. The molecular formula is C19H23N3O2. The maximum atomic E-state index is 12.8. The molecule has 0 bridgehead atoms. The summed E-state index contributed by atoms with van der Waals surface area (Å²) in [5.41, 5.74) is 1.90. The fourth-order valence-electron chi connectivity index (χ4n) is 2.90. The van der Waals surface area contributed by atoms with Gasteiger partial charge < -0.3 is 15.0 Å². The lowest BCUT2D eigenvalue weighted by molar-refractivity contribution is 0.0564. The Hall–Kier alpha value is -2.40. The Morgan fingerprint density at radius 3 is 2.54 bits per heavy atom. The molecule has 5 heteroatoms. The number of hydrogen-bond acceptors (Lipinski definition) is 3. The molecule has 2 amide bonds. The summed E-state index contributed by atoms with van der Waals surface area (Å²) in [7, 11) is 0. The number of ether oxygens (including phenoxy) is 1. The van der Waals surface area contributed by atoms with E-state index in [4.69, 9.17) is 4.74 Å². The number of nitrogens with one attached hydrogen (secondary N) is 1. The van der Waals surface area contributed by atoms with Gasteiger partial charge in [-0.05, 0) is 36.5 Å². The monoisotopic (exact) mass is 325 g/mol. The summed E-state index contributed by atoms with van der Waals surface area (Å²) in [5.74, 6) is 0.491. The van der Waals surface area contributed by atoms with Gasteiger partial charge >= 0.3 is 6.03 Å². The molecule has 2 heterocycles. The van der Waals surface area contributed by atoms with E-state index >= 15 is 0 Å². The van der Waals surface area contributed by atoms with Gasteiger partial charge in [0.1, 0.15) is 0 Å². The highest BCUT2D eigenvalue weighted by molar-refractivity contribution is 5.89. The van der Waals surface area contributed by atoms with E-state index in [1.165, 1.54) is 0 Å². The smallest absolute Gasteiger partial charge is 0.322 e. The fourth-order valence-corrected chi connectivity index (χ4v) is 2.90. The van der Waals surface area contributed by atoms with Crippen molar-refractivity contribution >= 4 is 11.7 Å². The number of carbonyl (C=O) groups is 1. The van der Waals surface area contributed by atoms with E-state index in [1.54, 1.807) is 24.5 Å². The lowest BCUT2D eigenvalue weighted by atomic mass is 9.99. The number of carbonyl (C=O) groups excluding carboxylic acids is 1. The Bertz CT molecular complexity index is 628. The van der Waals surface area contributed by atoms with Crippen molar-refractivity contribution in [2.24, 2.45) is 5.92 Å². The molecule has 0 atom stereocenters. The van der Waals surface area contributed by atoms with Crippen LogP contribution in [0.1, 0.15) is 18.4 Å². The second-order valence-corrected chi connectivity index (χ2v) is 6.09. The van der Waals surface area contributed by atoms with Gasteiger partial charge in [0.2, 0.25) is 0 Å². The van der Waals surface area contributed by atoms with Gasteiger partial charge in [-0.3, -0.25) is 4.98 Å². The molecule has 0 radical (unpaired) electrons. The van der Waals surface area contributed by atoms with E-state index in [1.807, 2.05) is 23.1 Å². The van der Waals surface area contributed by atoms with Crippen LogP contribution in [0, 0.1) is 5.92 Å². The summed E-state index contributed by atoms with van der Waals surface area (Å²) >= 11 is 0. The first-order chi connectivity index (χ1) is 11.8. The summed E-state index contributed by atoms with van der Waals surface area (Å²) in [4.78, 5) is 18.6. The molecule has 1 aliphatic heterocycles. The van der Waals surface area contributed by atoms with Crippen LogP contribution in [0.25, 0.3) is 0 Å². The first kappa shape index (κ1) is 16.5. The van der Waals surface area contributed by atoms with Crippen molar-refractivity contribution in [2.75, 3.05) is 25.1 Å². The summed E-state index contributed by atoms with van der Waals surface area (Å²) < 4.78 is 5.43. The van der Waals surface area contributed by atoms with Crippen LogP contribution >= 0.6 is 0 Å². The number of aromatic nitrogens is 1. The van der Waals surface area contributed by atoms with Crippen molar-refractivity contribution in [3.63, 3.8) is 0 Å². The van der Waals surface area contributed by atoms with Crippen molar-refractivity contribution < 1.29 is 9.53 Å². The molecule has 0 unspecified atom stereocenters. The van der Waals surface area contributed by atoms with Gasteiger partial charge in [-0.25, -0.2) is 4.79 Å². The standard InChI is InChI=1S/C19H23N3O2/c23-19(21-18-6-10-20-11-7-18)22(14-16-4-2-1-3-5-16)15-17-8-12-24-13-9-17/h1-7,10-11,17H,8-9,12-15H2,(H,20,21,23). The van der Waals surface area contributed by atoms with Gasteiger partial charge in [-0.1, -0.05) is 30.3 Å². The normalized spacial score (nSPS) is 15.0. The van der Waals surface area contributed by atoms with Crippen LogP contribution in [0.4, 0.5) is 10.5 Å². The molecule has 126 valence electrons. The number of benzene rings is 1. The van der Waals surface area contributed by atoms with Crippen molar-refractivity contribution in [1.82, 2.24) is 9.88 Å². The van der Waals surface area contributed by atoms with E-state index in [9.17, 15) is 4.79 Å². The molecule has 24 heavy (non-hydrogen) atoms. The van der Waals surface area contributed by atoms with E-state index in [0.29, 0.717) is 12.5 Å². The van der Waals surface area contributed by atoms with Crippen LogP contribution < -0.4 is 5.32 Å². The third kappa shape index (κ3) is 4.80. The number of amides is 2. The summed E-state index contributed by atoms with van der Waals surface area (Å²) in [6.07, 6.45) is 5.37. The molecule has 1 fully saturated rings. The first-order valence-corrected chi connectivity index (χ1v) is 8.39. The molecular weight excluding hydrogens is 302 g/mol. The van der Waals surface area contributed by atoms with Gasteiger partial charge in [0.15, 0.2) is 0 Å². The minimum absolute atomic E-state index is 0.0726. The maximum Gasteiger partial charge on any atom is 0.322 e. The number of hydrogen-bond donors (Lipinski definition) is 1. The van der Waals surface area contributed by atoms with Crippen molar-refractivity contribution in [3.8, 4) is 0 Å². The topological polar surface area (TPSA) is 54.5 Å². The Morgan fingerprint density at radius 2 is 1.83 bits per heavy atom. The highest BCUT2D eigenvalue weighted by Gasteiger charge is 2.21. The minimum atomic E-state index is -0.0726. The first-order valence-electron chi connectivity index (χ1n) is 8.39. The second-order valence-electron chi connectivity index (χ2n) is 6.09. The molecule has 1 aromatic heterocycles. The minimum Gasteiger partial charge on any atom is -0.381 e. The Kier molecular flexibility index (Phi) is 5.80. The van der Waals surface area contributed by atoms with Gasteiger partial charge in [0.05, 0.1) is 0 Å². The van der Waals surface area contributed by atoms with Gasteiger partial charge in [0, 0.05) is 44.4 Å². The number of urea groups is 1. The Morgan fingerprint density at radius 1 is 1.12 bits per heavy atom. The molecule has 1 aromatic carbocycles. The molecule has 0 saturated carbocycles. The largest absolute Gasteiger partial charge is 0.381 e. The van der Waals surface area contributed by atoms with E-state index in [0.717, 1.165) is 43.9 Å². The van der Waals surface area contributed by atoms with Crippen LogP contribution in [-0.2, 0) is 11.3 Å². The lowest BCUT2D eigenvalue weighted by Crippen LogP contribution is -2.39. The van der Waals surface area contributed by atoms with Crippen LogP contribution in [0.3, 0.4) is 0 Å². The molecule has 2 aromatic rings. The number of nitrogens with zero attached hydrogens (tertiary/aromatic N) is 2. The summed E-state index contributed by atoms with van der Waals surface area (Å²) in [5, 5.41) is 2.97. The predicted molar refractivity (Wildman–Crippen MR) is 93.7 cm³/mol. The number of anilines is 1. The summed E-state index contributed by atoms with van der Waals surface area (Å²) in [6.45, 7) is 2.93. The zero-order valence-corrected chi connectivity index (χ0v) is 13.7. The van der Waals surface area contributed by atoms with Crippen LogP contribution in [0.15, 0.2) is 54.9 Å². The number of rotatable bonds is 5. The number of pyridine rings is 1. The van der Waals surface area contributed by atoms with Crippen LogP contribution in [-0.4, -0.2) is 35.7 Å². The Labute approximate surface area is 142 Å². The maximum absolute atomic E-state index is 12.8. The molecule has 3 rings (SSSR count). The van der Waals surface area contributed by atoms with Crippen molar-refractivity contribution in [3.05, 3.63) is 60.4 Å². The molecule has 1 saturated heterocycles. The Balaban J connectivity index is 1.69. The molecule has 0 spiro atoms. The highest BCUT2D eigenvalue weighted by Crippen LogP contribution is 2.18. The zero-order chi connectivity index (χ0) is 16.6. The molecule has 5 nitrogen and oxygen atoms in total. The van der Waals surface area contributed by atoms with E-state index in [2.05, 4.69) is 22.4 Å². The van der Waals surface area contributed by atoms with Gasteiger partial charge in [-0.2, -0.15) is 0 Å². The van der Waals surface area contributed by atoms with Crippen LogP contribution in [0.5, 0.6) is 0 Å². The van der Waals surface area contributed by atoms with E-state index in [-0.39, 0.29) is 6.03 Å². The molecule has 1 N–H and O–H groups in total. The quantitative estimate of drug-likeness (QED) is 0.915. The zero-order valence-electron chi connectivity index (χ0n) is 13.7. The third-order valence-electron chi connectivity index (χ3n) is 4.25. The summed E-state index contributed by atoms with van der Waals surface area (Å²) in [6, 6.07) is 13.6. The predicted octanol–water partition coefficient (Wildman–Crippen LogP) is 3.54. The SMILES string of the molecule is O=C(Nc1ccncc1)N(Cc1ccccc1)CC1CCOCC1. The fraction of sp³-hybridized carbons (Fsp3) is 0.368. The van der Waals surface area contributed by atoms with Crippen molar-refractivity contribution in [1.29, 1.82) is 0 Å². The lowest BCUT2D eigenvalue weighted by Gasteiger charge is -2.30. The average molecular weight is 325 g/mol. The second kappa shape index (κ2) is 8.45. The van der Waals surface area contributed by atoms with Crippen molar-refractivity contribution in [2.45, 2.75) is 19.4 Å². The van der Waals surface area contributed by atoms with Gasteiger partial charge in [0.25, 0.3) is 0 Å². The average Bonchev–Trinajstić information content (AvgIpc) is 2.64. The third-order valence-corrected chi connectivity index (χ3v) is 4.25.